The molecule has 1 aliphatic rings. The smallest absolute Gasteiger partial charge is 0.286 e. The summed E-state index contributed by atoms with van der Waals surface area (Å²) in [7, 11) is 0. The lowest BCUT2D eigenvalue weighted by Crippen LogP contribution is -2.60. The van der Waals surface area contributed by atoms with Crippen LogP contribution in [0.1, 0.15) is 51.1 Å². The molecule has 0 aliphatic carbocycles. The Morgan fingerprint density at radius 1 is 1.40 bits per heavy atom. The molecule has 0 aromatic carbocycles. The van der Waals surface area contributed by atoms with Crippen LogP contribution in [0.25, 0.3) is 0 Å². The lowest BCUT2D eigenvalue weighted by Gasteiger charge is -2.51. The number of piperidine rings is 1. The maximum atomic E-state index is 11.9. The monoisotopic (exact) mass is 280 g/mol. The Labute approximate surface area is 119 Å². The third-order valence-corrected chi connectivity index (χ3v) is 4.02. The number of nitrogens with one attached hydrogen (secondary N) is 1. The molecular formula is C15H24N2O3. The lowest BCUT2D eigenvalue weighted by atomic mass is 9.75. The summed E-state index contributed by atoms with van der Waals surface area (Å²) in [5.74, 6) is 0.488. The first-order valence-electron chi connectivity index (χ1n) is 7.03. The molecule has 0 spiro atoms. The third kappa shape index (κ3) is 3.04. The van der Waals surface area contributed by atoms with E-state index in [1.165, 1.54) is 11.3 Å². The first-order valence-corrected chi connectivity index (χ1v) is 7.03. The Hall–Kier alpha value is -1.33. The van der Waals surface area contributed by atoms with Gasteiger partial charge in [0.05, 0.1) is 6.26 Å². The van der Waals surface area contributed by atoms with Crippen molar-refractivity contribution in [2.45, 2.75) is 51.6 Å². The molecule has 1 aliphatic heterocycles. The van der Waals surface area contributed by atoms with Crippen LogP contribution in [0.2, 0.25) is 0 Å². The third-order valence-electron chi connectivity index (χ3n) is 4.02. The van der Waals surface area contributed by atoms with Crippen LogP contribution in [0, 0.1) is 5.92 Å². The highest BCUT2D eigenvalue weighted by Gasteiger charge is 2.44. The van der Waals surface area contributed by atoms with Crippen molar-refractivity contribution < 1.29 is 14.4 Å². The van der Waals surface area contributed by atoms with Crippen molar-refractivity contribution in [3.63, 3.8) is 0 Å². The van der Waals surface area contributed by atoms with Crippen molar-refractivity contribution >= 4 is 5.91 Å². The molecular weight excluding hydrogens is 256 g/mol. The van der Waals surface area contributed by atoms with Crippen molar-refractivity contribution in [3.05, 3.63) is 24.2 Å². The number of hydrogen-bond donors (Lipinski definition) is 2. The van der Waals surface area contributed by atoms with Crippen molar-refractivity contribution in [2.75, 3.05) is 6.54 Å². The molecule has 0 bridgehead atoms. The highest BCUT2D eigenvalue weighted by atomic mass is 16.5. The summed E-state index contributed by atoms with van der Waals surface area (Å²) < 4.78 is 5.07. The average molecular weight is 280 g/mol. The van der Waals surface area contributed by atoms with Gasteiger partial charge in [0, 0.05) is 17.6 Å². The SMILES string of the molecule is CC1(C)CC(CNC(=O)c2ccco2)CC(C)(C)N1O. The highest BCUT2D eigenvalue weighted by Crippen LogP contribution is 2.39. The van der Waals surface area contributed by atoms with E-state index in [0.29, 0.717) is 18.2 Å². The number of furan rings is 1. The van der Waals surface area contributed by atoms with Crippen molar-refractivity contribution in [2.24, 2.45) is 5.92 Å². The van der Waals surface area contributed by atoms with Gasteiger partial charge >= 0.3 is 0 Å². The zero-order chi connectivity index (χ0) is 15.0. The van der Waals surface area contributed by atoms with E-state index in [1.54, 1.807) is 12.1 Å². The van der Waals surface area contributed by atoms with Crippen LogP contribution in [-0.2, 0) is 0 Å². The fourth-order valence-electron chi connectivity index (χ4n) is 3.35. The number of rotatable bonds is 3. The fraction of sp³-hybridized carbons (Fsp3) is 0.667. The number of hydrogen-bond acceptors (Lipinski definition) is 4. The molecule has 0 saturated carbocycles. The second-order valence-corrected chi connectivity index (χ2v) is 6.90. The predicted molar refractivity (Wildman–Crippen MR) is 75.5 cm³/mol. The molecule has 5 heteroatoms. The maximum Gasteiger partial charge on any atom is 0.286 e. The van der Waals surface area contributed by atoms with Crippen LogP contribution in [-0.4, -0.2) is 33.8 Å². The van der Waals surface area contributed by atoms with E-state index < -0.39 is 0 Å². The van der Waals surface area contributed by atoms with Crippen LogP contribution in [0.3, 0.4) is 0 Å². The largest absolute Gasteiger partial charge is 0.459 e. The van der Waals surface area contributed by atoms with E-state index in [1.807, 2.05) is 27.7 Å². The van der Waals surface area contributed by atoms with Gasteiger partial charge in [-0.15, -0.1) is 0 Å². The molecule has 1 saturated heterocycles. The minimum Gasteiger partial charge on any atom is -0.459 e. The molecule has 2 N–H and O–H groups in total. The molecule has 2 rings (SSSR count). The standard InChI is InChI=1S/C15H24N2O3/c1-14(2)8-11(9-15(3,4)17(14)19)10-16-13(18)12-6-5-7-20-12/h5-7,11,19H,8-10H2,1-4H3,(H,16,18). The topological polar surface area (TPSA) is 65.7 Å². The molecule has 0 radical (unpaired) electrons. The fourth-order valence-corrected chi connectivity index (χ4v) is 3.35. The molecule has 1 amide bonds. The van der Waals surface area contributed by atoms with E-state index >= 15 is 0 Å². The summed E-state index contributed by atoms with van der Waals surface area (Å²) in [6.07, 6.45) is 3.17. The van der Waals surface area contributed by atoms with Gasteiger partial charge in [-0.3, -0.25) is 4.79 Å². The van der Waals surface area contributed by atoms with Crippen LogP contribution >= 0.6 is 0 Å². The number of hydroxylamine groups is 2. The van der Waals surface area contributed by atoms with E-state index in [-0.39, 0.29) is 17.0 Å². The Morgan fingerprint density at radius 3 is 2.50 bits per heavy atom. The van der Waals surface area contributed by atoms with Gasteiger partial charge in [0.15, 0.2) is 5.76 Å². The van der Waals surface area contributed by atoms with Crippen LogP contribution in [0.5, 0.6) is 0 Å². The molecule has 2 heterocycles. The van der Waals surface area contributed by atoms with Crippen molar-refractivity contribution in [3.8, 4) is 0 Å². The van der Waals surface area contributed by atoms with Gasteiger partial charge < -0.3 is 14.9 Å². The van der Waals surface area contributed by atoms with E-state index in [4.69, 9.17) is 4.42 Å². The Bertz CT molecular complexity index is 447. The molecule has 1 aromatic rings. The number of nitrogens with zero attached hydrogens (tertiary/aromatic N) is 1. The van der Waals surface area contributed by atoms with E-state index in [9.17, 15) is 10.0 Å². The summed E-state index contributed by atoms with van der Waals surface area (Å²) in [6, 6.07) is 3.35. The normalized spacial score (nSPS) is 22.6. The summed E-state index contributed by atoms with van der Waals surface area (Å²) in [4.78, 5) is 11.9. The predicted octanol–water partition coefficient (Wildman–Crippen LogP) is 2.67. The lowest BCUT2D eigenvalue weighted by molar-refractivity contribution is -0.250. The summed E-state index contributed by atoms with van der Waals surface area (Å²) in [5, 5.41) is 14.6. The zero-order valence-corrected chi connectivity index (χ0v) is 12.6. The molecule has 0 unspecified atom stereocenters. The van der Waals surface area contributed by atoms with Crippen LogP contribution < -0.4 is 5.32 Å². The van der Waals surface area contributed by atoms with Crippen molar-refractivity contribution in [1.29, 1.82) is 0 Å². The number of carbonyl (C=O) groups excluding carboxylic acids is 1. The second kappa shape index (κ2) is 5.22. The van der Waals surface area contributed by atoms with Gasteiger partial charge in [-0.25, -0.2) is 0 Å². The molecule has 1 aromatic heterocycles. The maximum absolute atomic E-state index is 11.9. The van der Waals surface area contributed by atoms with Gasteiger partial charge in [0.25, 0.3) is 5.91 Å². The minimum absolute atomic E-state index is 0.183. The van der Waals surface area contributed by atoms with Gasteiger partial charge in [-0.2, -0.15) is 5.06 Å². The zero-order valence-electron chi connectivity index (χ0n) is 12.6. The van der Waals surface area contributed by atoms with Gasteiger partial charge in [-0.05, 0) is 58.6 Å². The molecule has 1 fully saturated rings. The molecule has 0 atom stereocenters. The summed E-state index contributed by atoms with van der Waals surface area (Å²) in [5.41, 5.74) is -0.580. The first-order chi connectivity index (χ1) is 9.22. The van der Waals surface area contributed by atoms with E-state index in [0.717, 1.165) is 12.8 Å². The van der Waals surface area contributed by atoms with Gasteiger partial charge in [0.1, 0.15) is 0 Å². The Morgan fingerprint density at radius 2 is 2.00 bits per heavy atom. The number of carbonyl (C=O) groups is 1. The second-order valence-electron chi connectivity index (χ2n) is 6.90. The number of amides is 1. The molecule has 112 valence electrons. The molecule has 20 heavy (non-hydrogen) atoms. The van der Waals surface area contributed by atoms with E-state index in [2.05, 4.69) is 5.32 Å². The van der Waals surface area contributed by atoms with Crippen molar-refractivity contribution in [1.82, 2.24) is 10.4 Å². The van der Waals surface area contributed by atoms with Gasteiger partial charge in [0.2, 0.25) is 0 Å². The van der Waals surface area contributed by atoms with Gasteiger partial charge in [-0.1, -0.05) is 0 Å². The van der Waals surface area contributed by atoms with Crippen LogP contribution in [0.4, 0.5) is 0 Å². The van der Waals surface area contributed by atoms with Crippen LogP contribution in [0.15, 0.2) is 22.8 Å². The molecule has 5 nitrogen and oxygen atoms in total. The Balaban J connectivity index is 1.95. The minimum atomic E-state index is -0.290. The summed E-state index contributed by atoms with van der Waals surface area (Å²) in [6.45, 7) is 8.69. The quantitative estimate of drug-likeness (QED) is 0.893. The Kier molecular flexibility index (Phi) is 3.93. The first kappa shape index (κ1) is 15.1. The summed E-state index contributed by atoms with van der Waals surface area (Å²) >= 11 is 0. The highest BCUT2D eigenvalue weighted by molar-refractivity contribution is 5.91. The average Bonchev–Trinajstić information content (AvgIpc) is 2.86.